The number of anilines is 2. The minimum Gasteiger partial charge on any atom is -0.378 e. The SMILES string of the molecule is O=C(CCCc1ccc(F)cc1)N1CCc2cc(N3CCOCC3)ccc21. The number of nitrogens with zero attached hydrogens (tertiary/aromatic N) is 2. The van der Waals surface area contributed by atoms with E-state index in [1.54, 1.807) is 12.1 Å². The van der Waals surface area contributed by atoms with Crippen LogP contribution in [-0.4, -0.2) is 38.8 Å². The van der Waals surface area contributed by atoms with Gasteiger partial charge < -0.3 is 14.5 Å². The molecule has 2 aliphatic heterocycles. The number of benzene rings is 2. The summed E-state index contributed by atoms with van der Waals surface area (Å²) in [5, 5.41) is 0. The molecule has 0 aromatic heterocycles. The van der Waals surface area contributed by atoms with Crippen molar-refractivity contribution in [1.29, 1.82) is 0 Å². The standard InChI is InChI=1S/C22H25FN2O2/c23-19-6-4-17(5-7-19)2-1-3-22(26)25-11-10-18-16-20(8-9-21(18)25)24-12-14-27-15-13-24/h4-9,16H,1-3,10-15H2. The second kappa shape index (κ2) is 8.09. The first-order chi connectivity index (χ1) is 13.2. The van der Waals surface area contributed by atoms with Gasteiger partial charge in [-0.1, -0.05) is 12.1 Å². The van der Waals surface area contributed by atoms with Crippen LogP contribution in [-0.2, 0) is 22.4 Å². The summed E-state index contributed by atoms with van der Waals surface area (Å²) in [6.45, 7) is 4.15. The molecule has 0 radical (unpaired) electrons. The molecule has 4 nitrogen and oxygen atoms in total. The van der Waals surface area contributed by atoms with Gasteiger partial charge in [0.05, 0.1) is 13.2 Å². The molecule has 0 unspecified atom stereocenters. The molecule has 1 fully saturated rings. The van der Waals surface area contributed by atoms with Gasteiger partial charge in [0.2, 0.25) is 5.91 Å². The van der Waals surface area contributed by atoms with Gasteiger partial charge in [-0.15, -0.1) is 0 Å². The maximum absolute atomic E-state index is 13.0. The van der Waals surface area contributed by atoms with Crippen LogP contribution in [0.5, 0.6) is 0 Å². The topological polar surface area (TPSA) is 32.8 Å². The third-order valence-corrected chi connectivity index (χ3v) is 5.41. The number of ether oxygens (including phenoxy) is 1. The summed E-state index contributed by atoms with van der Waals surface area (Å²) in [4.78, 5) is 16.9. The van der Waals surface area contributed by atoms with Crippen LogP contribution in [0.2, 0.25) is 0 Å². The molecular formula is C22H25FN2O2. The van der Waals surface area contributed by atoms with E-state index in [1.807, 2.05) is 4.90 Å². The Bertz CT molecular complexity index is 800. The highest BCUT2D eigenvalue weighted by Crippen LogP contribution is 2.32. The minimum atomic E-state index is -0.222. The Labute approximate surface area is 159 Å². The highest BCUT2D eigenvalue weighted by Gasteiger charge is 2.25. The van der Waals surface area contributed by atoms with E-state index in [4.69, 9.17) is 4.74 Å². The maximum Gasteiger partial charge on any atom is 0.227 e. The normalized spacial score (nSPS) is 16.5. The maximum atomic E-state index is 13.0. The Morgan fingerprint density at radius 2 is 1.81 bits per heavy atom. The monoisotopic (exact) mass is 368 g/mol. The van der Waals surface area contributed by atoms with E-state index in [0.29, 0.717) is 6.42 Å². The van der Waals surface area contributed by atoms with Crippen LogP contribution < -0.4 is 9.80 Å². The van der Waals surface area contributed by atoms with Gasteiger partial charge in [-0.3, -0.25) is 4.79 Å². The average Bonchev–Trinajstić information content (AvgIpc) is 3.13. The molecule has 2 heterocycles. The number of rotatable bonds is 5. The number of morpholine rings is 1. The summed E-state index contributed by atoms with van der Waals surface area (Å²) >= 11 is 0. The number of aryl methyl sites for hydroxylation is 1. The largest absolute Gasteiger partial charge is 0.378 e. The van der Waals surface area contributed by atoms with Crippen LogP contribution in [0.3, 0.4) is 0 Å². The van der Waals surface area contributed by atoms with E-state index in [-0.39, 0.29) is 11.7 Å². The van der Waals surface area contributed by atoms with Crippen molar-refractivity contribution in [3.63, 3.8) is 0 Å². The quantitative estimate of drug-likeness (QED) is 0.809. The lowest BCUT2D eigenvalue weighted by atomic mass is 10.1. The number of amides is 1. The van der Waals surface area contributed by atoms with Crippen molar-refractivity contribution in [2.45, 2.75) is 25.7 Å². The first kappa shape index (κ1) is 18.0. The second-order valence-electron chi connectivity index (χ2n) is 7.19. The molecule has 4 rings (SSSR count). The molecule has 0 spiro atoms. The summed E-state index contributed by atoms with van der Waals surface area (Å²) in [5.74, 6) is -0.0464. The van der Waals surface area contributed by atoms with E-state index in [0.717, 1.165) is 63.4 Å². The van der Waals surface area contributed by atoms with Crippen LogP contribution in [0.15, 0.2) is 42.5 Å². The second-order valence-corrected chi connectivity index (χ2v) is 7.19. The van der Waals surface area contributed by atoms with Gasteiger partial charge in [0.1, 0.15) is 5.82 Å². The van der Waals surface area contributed by atoms with Crippen LogP contribution in [0.4, 0.5) is 15.8 Å². The molecule has 2 aromatic rings. The minimum absolute atomic E-state index is 0.176. The fourth-order valence-electron chi connectivity index (χ4n) is 3.90. The Kier molecular flexibility index (Phi) is 5.39. The van der Waals surface area contributed by atoms with Crippen molar-refractivity contribution >= 4 is 17.3 Å². The van der Waals surface area contributed by atoms with Crippen molar-refractivity contribution < 1.29 is 13.9 Å². The predicted octanol–water partition coefficient (Wildman–Crippen LogP) is 3.57. The van der Waals surface area contributed by atoms with Gasteiger partial charge in [-0.2, -0.15) is 0 Å². The summed E-state index contributed by atoms with van der Waals surface area (Å²) in [5.41, 5.74) is 4.61. The molecule has 1 amide bonds. The molecule has 0 aliphatic carbocycles. The van der Waals surface area contributed by atoms with Gasteiger partial charge in [0.15, 0.2) is 0 Å². The number of carbonyl (C=O) groups is 1. The number of hydrogen-bond acceptors (Lipinski definition) is 3. The Morgan fingerprint density at radius 3 is 2.59 bits per heavy atom. The fourth-order valence-corrected chi connectivity index (χ4v) is 3.90. The zero-order chi connectivity index (χ0) is 18.6. The van der Waals surface area contributed by atoms with Crippen LogP contribution >= 0.6 is 0 Å². The molecule has 27 heavy (non-hydrogen) atoms. The summed E-state index contributed by atoms with van der Waals surface area (Å²) < 4.78 is 18.4. The molecule has 0 atom stereocenters. The van der Waals surface area contributed by atoms with E-state index >= 15 is 0 Å². The average molecular weight is 368 g/mol. The van der Waals surface area contributed by atoms with Gasteiger partial charge in [-0.05, 0) is 60.7 Å². The van der Waals surface area contributed by atoms with Crippen LogP contribution in [0.1, 0.15) is 24.0 Å². The smallest absolute Gasteiger partial charge is 0.227 e. The first-order valence-corrected chi connectivity index (χ1v) is 9.71. The van der Waals surface area contributed by atoms with Gasteiger partial charge >= 0.3 is 0 Å². The number of hydrogen-bond donors (Lipinski definition) is 0. The van der Waals surface area contributed by atoms with Crippen LogP contribution in [0, 0.1) is 5.82 Å². The third kappa shape index (κ3) is 4.14. The molecule has 0 saturated carbocycles. The molecule has 0 bridgehead atoms. The molecule has 142 valence electrons. The molecule has 1 saturated heterocycles. The summed E-state index contributed by atoms with van der Waals surface area (Å²) in [6.07, 6.45) is 3.00. The molecular weight excluding hydrogens is 343 g/mol. The number of carbonyl (C=O) groups excluding carboxylic acids is 1. The third-order valence-electron chi connectivity index (χ3n) is 5.41. The van der Waals surface area contributed by atoms with Gasteiger partial charge in [-0.25, -0.2) is 4.39 Å². The summed E-state index contributed by atoms with van der Waals surface area (Å²) in [7, 11) is 0. The molecule has 0 N–H and O–H groups in total. The predicted molar refractivity (Wildman–Crippen MR) is 105 cm³/mol. The van der Waals surface area contributed by atoms with Crippen molar-refractivity contribution in [2.75, 3.05) is 42.6 Å². The van der Waals surface area contributed by atoms with Crippen molar-refractivity contribution in [1.82, 2.24) is 0 Å². The van der Waals surface area contributed by atoms with Gasteiger partial charge in [0.25, 0.3) is 0 Å². The highest BCUT2D eigenvalue weighted by molar-refractivity contribution is 5.95. The van der Waals surface area contributed by atoms with Crippen molar-refractivity contribution in [2.24, 2.45) is 0 Å². The number of halogens is 1. The Morgan fingerprint density at radius 1 is 1.04 bits per heavy atom. The first-order valence-electron chi connectivity index (χ1n) is 9.71. The van der Waals surface area contributed by atoms with E-state index < -0.39 is 0 Å². The van der Waals surface area contributed by atoms with Gasteiger partial charge in [0, 0.05) is 37.4 Å². The Hall–Kier alpha value is -2.40. The zero-order valence-corrected chi connectivity index (χ0v) is 15.5. The zero-order valence-electron chi connectivity index (χ0n) is 15.5. The molecule has 2 aromatic carbocycles. The number of fused-ring (bicyclic) bond motifs is 1. The molecule has 2 aliphatic rings. The Balaban J connectivity index is 1.35. The van der Waals surface area contributed by atoms with E-state index in [1.165, 1.54) is 23.4 Å². The van der Waals surface area contributed by atoms with E-state index in [9.17, 15) is 9.18 Å². The highest BCUT2D eigenvalue weighted by atomic mass is 19.1. The fraction of sp³-hybridized carbons (Fsp3) is 0.409. The van der Waals surface area contributed by atoms with Crippen LogP contribution in [0.25, 0.3) is 0 Å². The van der Waals surface area contributed by atoms with Crippen molar-refractivity contribution in [3.8, 4) is 0 Å². The lowest BCUT2D eigenvalue weighted by Gasteiger charge is -2.29. The summed E-state index contributed by atoms with van der Waals surface area (Å²) in [6, 6.07) is 13.0. The lowest BCUT2D eigenvalue weighted by molar-refractivity contribution is -0.118. The lowest BCUT2D eigenvalue weighted by Crippen LogP contribution is -2.36. The molecule has 5 heteroatoms. The van der Waals surface area contributed by atoms with E-state index in [2.05, 4.69) is 23.1 Å². The van der Waals surface area contributed by atoms with Crippen molar-refractivity contribution in [3.05, 3.63) is 59.4 Å².